The van der Waals surface area contributed by atoms with Gasteiger partial charge in [-0.25, -0.2) is 0 Å². The number of oxime groups is 1. The number of ether oxygens (including phenoxy) is 1. The van der Waals surface area contributed by atoms with E-state index in [1.54, 1.807) is 14.0 Å². The van der Waals surface area contributed by atoms with Crippen molar-refractivity contribution in [1.82, 2.24) is 0 Å². The van der Waals surface area contributed by atoms with Crippen LogP contribution in [0.2, 0.25) is 0 Å². The van der Waals surface area contributed by atoms with Gasteiger partial charge in [-0.3, -0.25) is 0 Å². The molecule has 0 fully saturated rings. The molecule has 0 aromatic rings. The van der Waals surface area contributed by atoms with E-state index in [0.29, 0.717) is 12.3 Å². The molecular weight excluding hydrogens is 130 g/mol. The average molecular weight is 140 g/mol. The van der Waals surface area contributed by atoms with Gasteiger partial charge in [0.2, 0.25) is 0 Å². The zero-order valence-electron chi connectivity index (χ0n) is 4.92. The summed E-state index contributed by atoms with van der Waals surface area (Å²) in [5, 5.41) is 10.8. The van der Waals surface area contributed by atoms with E-state index in [0.717, 1.165) is 0 Å². The first-order chi connectivity index (χ1) is 3.31. The average Bonchev–Trinajstić information content (AvgIpc) is 1.68. The van der Waals surface area contributed by atoms with Crippen molar-refractivity contribution >= 4 is 18.1 Å². The normalized spacial score (nSPS) is 10.5. The molecule has 0 aliphatic heterocycles. The monoisotopic (exact) mass is 139 g/mol. The van der Waals surface area contributed by atoms with Crippen molar-refractivity contribution < 1.29 is 9.94 Å². The molecule has 0 atom stereocenters. The van der Waals surface area contributed by atoms with Crippen LogP contribution in [-0.4, -0.2) is 24.6 Å². The Hall–Kier alpha value is -0.280. The molecule has 0 radical (unpaired) electrons. The summed E-state index contributed by atoms with van der Waals surface area (Å²) < 4.78 is 4.60. The van der Waals surface area contributed by atoms with E-state index >= 15 is 0 Å². The predicted molar refractivity (Wildman–Crippen MR) is 34.0 cm³/mol. The van der Waals surface area contributed by atoms with E-state index < -0.39 is 0 Å². The summed E-state index contributed by atoms with van der Waals surface area (Å²) >= 11 is 0. The quantitative estimate of drug-likeness (QED) is 0.351. The molecule has 0 aromatic carbocycles. The summed E-state index contributed by atoms with van der Waals surface area (Å²) in [5.74, 6) is 0. The Morgan fingerprint density at radius 1 is 1.75 bits per heavy atom. The zero-order chi connectivity index (χ0) is 5.70. The number of hydrogen-bond donors (Lipinski definition) is 1. The first kappa shape index (κ1) is 10.7. The molecule has 0 bridgehead atoms. The topological polar surface area (TPSA) is 41.8 Å². The van der Waals surface area contributed by atoms with Gasteiger partial charge >= 0.3 is 0 Å². The smallest absolute Gasteiger partial charge is 0.0875 e. The Morgan fingerprint density at radius 2 is 2.25 bits per heavy atom. The van der Waals surface area contributed by atoms with Gasteiger partial charge in [-0.15, -0.1) is 12.4 Å². The molecule has 0 aliphatic rings. The van der Waals surface area contributed by atoms with Crippen LogP contribution in [0.3, 0.4) is 0 Å². The molecule has 0 saturated carbocycles. The van der Waals surface area contributed by atoms with Crippen LogP contribution in [0.1, 0.15) is 6.92 Å². The molecule has 4 heteroatoms. The van der Waals surface area contributed by atoms with Crippen molar-refractivity contribution in [2.24, 2.45) is 5.16 Å². The molecule has 0 spiro atoms. The first-order valence-electron chi connectivity index (χ1n) is 1.97. The summed E-state index contributed by atoms with van der Waals surface area (Å²) in [6.07, 6.45) is 0. The van der Waals surface area contributed by atoms with Crippen LogP contribution in [0.4, 0.5) is 0 Å². The van der Waals surface area contributed by atoms with Crippen molar-refractivity contribution in [2.45, 2.75) is 6.92 Å². The van der Waals surface area contributed by atoms with Gasteiger partial charge in [0.1, 0.15) is 0 Å². The minimum atomic E-state index is 0. The van der Waals surface area contributed by atoms with E-state index in [-0.39, 0.29) is 12.4 Å². The van der Waals surface area contributed by atoms with Gasteiger partial charge in [-0.05, 0) is 6.92 Å². The van der Waals surface area contributed by atoms with Crippen LogP contribution in [0.25, 0.3) is 0 Å². The molecule has 0 amide bonds. The summed E-state index contributed by atoms with van der Waals surface area (Å²) in [5.41, 5.74) is 0.586. The Bertz CT molecular complexity index is 74.4. The number of nitrogens with zero attached hydrogens (tertiary/aromatic N) is 1. The van der Waals surface area contributed by atoms with Crippen molar-refractivity contribution in [3.05, 3.63) is 0 Å². The van der Waals surface area contributed by atoms with Crippen LogP contribution >= 0.6 is 12.4 Å². The minimum Gasteiger partial charge on any atom is -0.411 e. The Balaban J connectivity index is 0. The molecule has 0 aromatic heterocycles. The van der Waals surface area contributed by atoms with Gasteiger partial charge in [0.25, 0.3) is 0 Å². The molecule has 0 unspecified atom stereocenters. The molecule has 3 nitrogen and oxygen atoms in total. The van der Waals surface area contributed by atoms with E-state index in [9.17, 15) is 0 Å². The number of methoxy groups -OCH3 is 1. The Labute approximate surface area is 54.7 Å². The zero-order valence-corrected chi connectivity index (χ0v) is 5.73. The Morgan fingerprint density at radius 3 is 2.38 bits per heavy atom. The van der Waals surface area contributed by atoms with Crippen LogP contribution in [0, 0.1) is 0 Å². The van der Waals surface area contributed by atoms with Crippen molar-refractivity contribution in [3.63, 3.8) is 0 Å². The highest BCUT2D eigenvalue weighted by molar-refractivity contribution is 5.85. The van der Waals surface area contributed by atoms with Gasteiger partial charge in [0.05, 0.1) is 12.3 Å². The third kappa shape index (κ3) is 5.72. The predicted octanol–water partition coefficient (Wildman–Crippen LogP) is 0.905. The molecule has 1 N–H and O–H groups in total. The fourth-order valence-electron chi connectivity index (χ4n) is 0.238. The fraction of sp³-hybridized carbons (Fsp3) is 0.750. The van der Waals surface area contributed by atoms with Crippen molar-refractivity contribution in [1.29, 1.82) is 0 Å². The summed E-state index contributed by atoms with van der Waals surface area (Å²) in [6.45, 7) is 2.08. The van der Waals surface area contributed by atoms with Crippen LogP contribution in [-0.2, 0) is 4.74 Å². The standard InChI is InChI=1S/C4H9NO2.ClH/c1-4(5-6)3-7-2;/h6H,3H2,1-2H3;1H. The third-order valence-electron chi connectivity index (χ3n) is 0.524. The molecule has 0 heterocycles. The van der Waals surface area contributed by atoms with Gasteiger partial charge in [-0.2, -0.15) is 0 Å². The van der Waals surface area contributed by atoms with Gasteiger partial charge in [0, 0.05) is 7.11 Å². The molecule has 8 heavy (non-hydrogen) atoms. The molecule has 0 aliphatic carbocycles. The number of rotatable bonds is 2. The highest BCUT2D eigenvalue weighted by atomic mass is 35.5. The lowest BCUT2D eigenvalue weighted by molar-refractivity contribution is 0.237. The van der Waals surface area contributed by atoms with Gasteiger partial charge in [0.15, 0.2) is 0 Å². The van der Waals surface area contributed by atoms with E-state index in [4.69, 9.17) is 5.21 Å². The van der Waals surface area contributed by atoms with E-state index in [1.807, 2.05) is 0 Å². The Kier molecular flexibility index (Phi) is 8.95. The summed E-state index contributed by atoms with van der Waals surface area (Å²) in [6, 6.07) is 0. The number of hydrogen-bond acceptors (Lipinski definition) is 3. The lowest BCUT2D eigenvalue weighted by Gasteiger charge is -1.90. The van der Waals surface area contributed by atoms with Crippen molar-refractivity contribution in [2.75, 3.05) is 13.7 Å². The third-order valence-corrected chi connectivity index (χ3v) is 0.524. The largest absolute Gasteiger partial charge is 0.411 e. The van der Waals surface area contributed by atoms with Crippen LogP contribution in [0.15, 0.2) is 5.16 Å². The maximum absolute atomic E-state index is 7.97. The fourth-order valence-corrected chi connectivity index (χ4v) is 0.238. The highest BCUT2D eigenvalue weighted by Gasteiger charge is 1.84. The SMILES string of the molecule is COCC(C)=NO.Cl. The van der Waals surface area contributed by atoms with Gasteiger partial charge in [-0.1, -0.05) is 5.16 Å². The highest BCUT2D eigenvalue weighted by Crippen LogP contribution is 1.72. The molecule has 0 rings (SSSR count). The van der Waals surface area contributed by atoms with Crippen LogP contribution in [0.5, 0.6) is 0 Å². The maximum Gasteiger partial charge on any atom is 0.0875 e. The second-order valence-electron chi connectivity index (χ2n) is 1.27. The lowest BCUT2D eigenvalue weighted by atomic mass is 10.5. The van der Waals surface area contributed by atoms with Gasteiger partial charge < -0.3 is 9.94 Å². The van der Waals surface area contributed by atoms with E-state index in [1.165, 1.54) is 0 Å². The first-order valence-corrected chi connectivity index (χ1v) is 1.97. The van der Waals surface area contributed by atoms with E-state index in [2.05, 4.69) is 9.89 Å². The lowest BCUT2D eigenvalue weighted by Crippen LogP contribution is -2.00. The molecular formula is C4H10ClNO2. The number of halogens is 1. The van der Waals surface area contributed by atoms with Crippen molar-refractivity contribution in [3.8, 4) is 0 Å². The molecule has 0 saturated heterocycles. The second-order valence-corrected chi connectivity index (χ2v) is 1.27. The minimum absolute atomic E-state index is 0. The summed E-state index contributed by atoms with van der Waals surface area (Å²) in [7, 11) is 1.55. The summed E-state index contributed by atoms with van der Waals surface area (Å²) in [4.78, 5) is 0. The maximum atomic E-state index is 7.97. The molecule has 50 valence electrons. The second kappa shape index (κ2) is 6.72. The van der Waals surface area contributed by atoms with Crippen LogP contribution < -0.4 is 0 Å².